The van der Waals surface area contributed by atoms with Crippen LogP contribution < -0.4 is 4.74 Å². The summed E-state index contributed by atoms with van der Waals surface area (Å²) in [6.07, 6.45) is -1.07. The minimum absolute atomic E-state index is 0.0598. The molecule has 0 aromatic carbocycles. The first kappa shape index (κ1) is 22.5. The number of amides is 1. The lowest BCUT2D eigenvalue weighted by atomic mass is 9.74. The number of H-pyrrole nitrogens is 1. The summed E-state index contributed by atoms with van der Waals surface area (Å²) < 4.78 is 44.3. The van der Waals surface area contributed by atoms with Gasteiger partial charge in [0.15, 0.2) is 5.82 Å². The molecule has 2 fully saturated rings. The van der Waals surface area contributed by atoms with E-state index in [1.807, 2.05) is 13.0 Å². The molecule has 1 aliphatic heterocycles. The van der Waals surface area contributed by atoms with Crippen molar-refractivity contribution in [2.24, 2.45) is 11.8 Å². The van der Waals surface area contributed by atoms with Crippen molar-refractivity contribution in [3.63, 3.8) is 0 Å². The number of pyridine rings is 1. The zero-order chi connectivity index (χ0) is 23.3. The van der Waals surface area contributed by atoms with Gasteiger partial charge >= 0.3 is 6.18 Å². The highest BCUT2D eigenvalue weighted by Gasteiger charge is 2.59. The molecule has 11 heteroatoms. The molecule has 174 valence electrons. The largest absolute Gasteiger partial charge is 0.481 e. The standard InChI is InChI=1S/C21H26F3N5O3/c1-12-11-29(18(30)19(2,31)21(22,23)24)9-6-14(12)20(7-8-20)17-26-16(27-28-17)13-4-5-15(32-3)25-10-13/h4-5,10,12,14,31H,6-9,11H2,1-3H3,(H,26,27,28). The second kappa shape index (κ2) is 7.72. The van der Waals surface area contributed by atoms with E-state index in [4.69, 9.17) is 4.74 Å². The number of rotatable bonds is 5. The van der Waals surface area contributed by atoms with E-state index in [0.717, 1.165) is 29.1 Å². The van der Waals surface area contributed by atoms with Gasteiger partial charge in [-0.15, -0.1) is 0 Å². The lowest BCUT2D eigenvalue weighted by Crippen LogP contribution is -2.59. The van der Waals surface area contributed by atoms with E-state index in [0.29, 0.717) is 25.0 Å². The van der Waals surface area contributed by atoms with E-state index in [9.17, 15) is 23.1 Å². The summed E-state index contributed by atoms with van der Waals surface area (Å²) in [5, 5.41) is 17.1. The van der Waals surface area contributed by atoms with Gasteiger partial charge in [-0.3, -0.25) is 9.89 Å². The number of aromatic amines is 1. The third kappa shape index (κ3) is 3.72. The Morgan fingerprint density at radius 1 is 1.34 bits per heavy atom. The number of ether oxygens (including phenoxy) is 1. The second-order valence-corrected chi connectivity index (χ2v) is 8.95. The third-order valence-electron chi connectivity index (χ3n) is 6.82. The molecule has 0 radical (unpaired) electrons. The van der Waals surface area contributed by atoms with Crippen LogP contribution in [0.4, 0.5) is 13.2 Å². The van der Waals surface area contributed by atoms with Crippen LogP contribution in [0.1, 0.15) is 38.9 Å². The minimum atomic E-state index is -5.02. The Hall–Kier alpha value is -2.69. The Morgan fingerprint density at radius 3 is 2.59 bits per heavy atom. The number of nitrogens with one attached hydrogen (secondary N) is 1. The van der Waals surface area contributed by atoms with Crippen molar-refractivity contribution in [2.75, 3.05) is 20.2 Å². The molecule has 3 unspecified atom stereocenters. The van der Waals surface area contributed by atoms with Gasteiger partial charge in [0, 0.05) is 36.3 Å². The molecular formula is C21H26F3N5O3. The molecule has 2 aromatic rings. The van der Waals surface area contributed by atoms with Crippen molar-refractivity contribution >= 4 is 5.91 Å². The average molecular weight is 453 g/mol. The smallest absolute Gasteiger partial charge is 0.426 e. The van der Waals surface area contributed by atoms with Crippen molar-refractivity contribution in [3.8, 4) is 17.3 Å². The van der Waals surface area contributed by atoms with Crippen LogP contribution in [0.15, 0.2) is 18.3 Å². The summed E-state index contributed by atoms with van der Waals surface area (Å²) in [6.45, 7) is 2.75. The van der Waals surface area contributed by atoms with Gasteiger partial charge in [-0.1, -0.05) is 6.92 Å². The van der Waals surface area contributed by atoms with E-state index >= 15 is 0 Å². The molecule has 1 saturated heterocycles. The number of hydrogen-bond acceptors (Lipinski definition) is 6. The Balaban J connectivity index is 1.48. The van der Waals surface area contributed by atoms with E-state index in [-0.39, 0.29) is 30.3 Å². The first-order valence-corrected chi connectivity index (χ1v) is 10.5. The molecule has 1 saturated carbocycles. The van der Waals surface area contributed by atoms with Crippen molar-refractivity contribution in [3.05, 3.63) is 24.2 Å². The molecule has 3 atom stereocenters. The number of hydrogen-bond donors (Lipinski definition) is 2. The Bertz CT molecular complexity index is 985. The zero-order valence-electron chi connectivity index (χ0n) is 18.1. The van der Waals surface area contributed by atoms with Gasteiger partial charge in [0.2, 0.25) is 11.5 Å². The third-order valence-corrected chi connectivity index (χ3v) is 6.82. The van der Waals surface area contributed by atoms with E-state index < -0.39 is 17.7 Å². The van der Waals surface area contributed by atoms with Crippen LogP contribution in [0.25, 0.3) is 11.4 Å². The Morgan fingerprint density at radius 2 is 2.06 bits per heavy atom. The molecule has 0 spiro atoms. The summed E-state index contributed by atoms with van der Waals surface area (Å²) in [5.74, 6) is 0.537. The highest BCUT2D eigenvalue weighted by molar-refractivity contribution is 5.85. The van der Waals surface area contributed by atoms with Gasteiger partial charge in [0.05, 0.1) is 7.11 Å². The summed E-state index contributed by atoms with van der Waals surface area (Å²) in [6, 6.07) is 3.54. The maximum atomic E-state index is 13.1. The molecule has 3 heterocycles. The molecule has 0 bridgehead atoms. The SMILES string of the molecule is COc1ccc(-c2n[nH]c(C3(C4CCN(C(=O)C(C)(O)C(F)(F)F)CC4C)CC3)n2)cn1. The van der Waals surface area contributed by atoms with Gasteiger partial charge < -0.3 is 14.7 Å². The van der Waals surface area contributed by atoms with Crippen molar-refractivity contribution in [1.29, 1.82) is 0 Å². The average Bonchev–Trinajstić information content (AvgIpc) is 3.40. The highest BCUT2D eigenvalue weighted by atomic mass is 19.4. The number of alkyl halides is 3. The molecule has 2 N–H and O–H groups in total. The maximum Gasteiger partial charge on any atom is 0.426 e. The van der Waals surface area contributed by atoms with Crippen molar-refractivity contribution < 1.29 is 27.8 Å². The first-order valence-electron chi connectivity index (χ1n) is 10.5. The van der Waals surface area contributed by atoms with E-state index in [1.165, 1.54) is 7.11 Å². The summed E-state index contributed by atoms with van der Waals surface area (Å²) in [7, 11) is 1.54. The van der Waals surface area contributed by atoms with Crippen LogP contribution in [-0.4, -0.2) is 68.1 Å². The molecule has 1 aliphatic carbocycles. The van der Waals surface area contributed by atoms with Crippen LogP contribution in [0.2, 0.25) is 0 Å². The number of carbonyl (C=O) groups is 1. The van der Waals surface area contributed by atoms with Crippen molar-refractivity contribution in [1.82, 2.24) is 25.1 Å². The van der Waals surface area contributed by atoms with Crippen LogP contribution in [0, 0.1) is 11.8 Å². The lowest BCUT2D eigenvalue weighted by molar-refractivity contribution is -0.251. The van der Waals surface area contributed by atoms with Crippen LogP contribution in [0.5, 0.6) is 5.88 Å². The number of piperidine rings is 1. The van der Waals surface area contributed by atoms with E-state index in [2.05, 4.69) is 20.2 Å². The number of nitrogens with zero attached hydrogens (tertiary/aromatic N) is 4. The van der Waals surface area contributed by atoms with Crippen LogP contribution >= 0.6 is 0 Å². The number of aromatic nitrogens is 4. The predicted molar refractivity (Wildman–Crippen MR) is 108 cm³/mol. The lowest BCUT2D eigenvalue weighted by Gasteiger charge is -2.42. The number of halogens is 3. The molecule has 1 amide bonds. The van der Waals surface area contributed by atoms with E-state index in [1.54, 1.807) is 12.3 Å². The fraction of sp³-hybridized carbons (Fsp3) is 0.619. The van der Waals surface area contributed by atoms with Gasteiger partial charge in [0.25, 0.3) is 5.91 Å². The topological polar surface area (TPSA) is 104 Å². The Kier molecular flexibility index (Phi) is 5.43. The number of methoxy groups -OCH3 is 1. The van der Waals surface area contributed by atoms with Gasteiger partial charge in [-0.2, -0.15) is 18.3 Å². The maximum absolute atomic E-state index is 13.1. The quantitative estimate of drug-likeness (QED) is 0.722. The number of carbonyl (C=O) groups excluding carboxylic acids is 1. The fourth-order valence-corrected chi connectivity index (χ4v) is 4.74. The van der Waals surface area contributed by atoms with Gasteiger partial charge in [-0.25, -0.2) is 9.97 Å². The molecule has 2 aliphatic rings. The first-order chi connectivity index (χ1) is 15.0. The van der Waals surface area contributed by atoms with Crippen LogP contribution in [-0.2, 0) is 10.2 Å². The normalized spacial score (nSPS) is 24.7. The molecular weight excluding hydrogens is 427 g/mol. The number of aliphatic hydroxyl groups is 1. The molecule has 32 heavy (non-hydrogen) atoms. The number of likely N-dealkylation sites (tertiary alicyclic amines) is 1. The summed E-state index contributed by atoms with van der Waals surface area (Å²) in [4.78, 5) is 22.4. The minimum Gasteiger partial charge on any atom is -0.481 e. The van der Waals surface area contributed by atoms with Crippen molar-refractivity contribution in [2.45, 2.75) is 50.3 Å². The predicted octanol–water partition coefficient (Wildman–Crippen LogP) is 2.70. The molecule has 2 aromatic heterocycles. The summed E-state index contributed by atoms with van der Waals surface area (Å²) in [5.41, 5.74) is -2.87. The molecule has 4 rings (SSSR count). The van der Waals surface area contributed by atoms with Gasteiger partial charge in [0.1, 0.15) is 5.82 Å². The molecule has 8 nitrogen and oxygen atoms in total. The van der Waals surface area contributed by atoms with Gasteiger partial charge in [-0.05, 0) is 44.1 Å². The second-order valence-electron chi connectivity index (χ2n) is 8.95. The highest BCUT2D eigenvalue weighted by Crippen LogP contribution is 2.57. The zero-order valence-corrected chi connectivity index (χ0v) is 18.1. The fourth-order valence-electron chi connectivity index (χ4n) is 4.74. The monoisotopic (exact) mass is 453 g/mol. The van der Waals surface area contributed by atoms with Crippen LogP contribution in [0.3, 0.4) is 0 Å². The Labute approximate surface area is 183 Å². The summed E-state index contributed by atoms with van der Waals surface area (Å²) >= 11 is 0.